The van der Waals surface area contributed by atoms with Gasteiger partial charge in [0.25, 0.3) is 0 Å². The summed E-state index contributed by atoms with van der Waals surface area (Å²) < 4.78 is 21.4. The van der Waals surface area contributed by atoms with E-state index in [1.54, 1.807) is 6.92 Å². The third-order valence-electron chi connectivity index (χ3n) is 4.03. The van der Waals surface area contributed by atoms with Gasteiger partial charge in [0.2, 0.25) is 0 Å². The average Bonchev–Trinajstić information content (AvgIpc) is 2.52. The topological polar surface area (TPSA) is 155 Å². The smallest absolute Gasteiger partial charge is 0.335 e. The van der Waals surface area contributed by atoms with Crippen LogP contribution in [0, 0.1) is 0 Å². The minimum Gasteiger partial charge on any atom is -0.479 e. The van der Waals surface area contributed by atoms with E-state index in [4.69, 9.17) is 24.1 Å². The van der Waals surface area contributed by atoms with E-state index in [0.717, 1.165) is 0 Å². The molecule has 0 aromatic carbocycles. The fraction of sp³-hybridized carbons (Fsp3) is 0.929. The van der Waals surface area contributed by atoms with Gasteiger partial charge in [0.15, 0.2) is 18.7 Å². The molecule has 5 N–H and O–H groups in total. The van der Waals surface area contributed by atoms with Crippen LogP contribution in [0.2, 0.25) is 0 Å². The van der Waals surface area contributed by atoms with E-state index in [-0.39, 0.29) is 12.8 Å². The Morgan fingerprint density at radius 1 is 1.12 bits per heavy atom. The average molecular weight is 352 g/mol. The first-order chi connectivity index (χ1) is 11.4. The summed E-state index contributed by atoms with van der Waals surface area (Å²) >= 11 is 0. The molecule has 4 unspecified atom stereocenters. The number of carboxylic acids is 1. The number of aliphatic hydroxyl groups excluding tert-OH is 4. The van der Waals surface area contributed by atoms with Gasteiger partial charge in [-0.3, -0.25) is 0 Å². The van der Waals surface area contributed by atoms with Gasteiger partial charge in [0.1, 0.15) is 18.3 Å². The molecule has 140 valence electrons. The first-order valence-electron chi connectivity index (χ1n) is 7.83. The minimum absolute atomic E-state index is 0.106. The number of carbonyl (C=O) groups is 1. The molecular formula is C14H24O10. The number of ether oxygens (including phenoxy) is 4. The SMILES string of the molecule is CCO[C@@H]1CC(O)[C@H](OC2CC(O)[C@H](O)C(C(=O)O)O2)[C@@H](CO)O1. The Bertz CT molecular complexity index is 418. The molecule has 0 radical (unpaired) electrons. The fourth-order valence-corrected chi connectivity index (χ4v) is 2.83. The van der Waals surface area contributed by atoms with Crippen molar-refractivity contribution < 1.29 is 49.3 Å². The Morgan fingerprint density at radius 2 is 1.79 bits per heavy atom. The lowest BCUT2D eigenvalue weighted by Gasteiger charge is -2.42. The van der Waals surface area contributed by atoms with Crippen molar-refractivity contribution >= 4 is 5.97 Å². The van der Waals surface area contributed by atoms with Crippen LogP contribution in [-0.2, 0) is 23.7 Å². The maximum Gasteiger partial charge on any atom is 0.335 e. The third kappa shape index (κ3) is 4.41. The first-order valence-corrected chi connectivity index (χ1v) is 7.83. The number of carboxylic acid groups (broad SMARTS) is 1. The maximum absolute atomic E-state index is 11.1. The molecule has 10 nitrogen and oxygen atoms in total. The van der Waals surface area contributed by atoms with Crippen molar-refractivity contribution in [3.8, 4) is 0 Å². The Morgan fingerprint density at radius 3 is 2.38 bits per heavy atom. The van der Waals surface area contributed by atoms with Crippen molar-refractivity contribution in [1.29, 1.82) is 0 Å². The van der Waals surface area contributed by atoms with Gasteiger partial charge in [-0.25, -0.2) is 4.79 Å². The Labute approximate surface area is 138 Å². The summed E-state index contributed by atoms with van der Waals surface area (Å²) in [5.41, 5.74) is 0. The molecule has 2 saturated heterocycles. The third-order valence-corrected chi connectivity index (χ3v) is 4.03. The molecule has 0 aromatic rings. The van der Waals surface area contributed by atoms with E-state index in [2.05, 4.69) is 0 Å². The summed E-state index contributed by atoms with van der Waals surface area (Å²) in [6, 6.07) is 0. The molecule has 0 spiro atoms. The highest BCUT2D eigenvalue weighted by Gasteiger charge is 2.45. The lowest BCUT2D eigenvalue weighted by Crippen LogP contribution is -2.57. The lowest BCUT2D eigenvalue weighted by molar-refractivity contribution is -0.316. The quantitative estimate of drug-likeness (QED) is 0.355. The molecule has 8 atom stereocenters. The summed E-state index contributed by atoms with van der Waals surface area (Å²) in [5.74, 6) is -1.44. The zero-order valence-electron chi connectivity index (χ0n) is 13.2. The summed E-state index contributed by atoms with van der Waals surface area (Å²) in [5, 5.41) is 48.1. The van der Waals surface area contributed by atoms with Crippen LogP contribution >= 0.6 is 0 Å². The molecule has 2 rings (SSSR count). The largest absolute Gasteiger partial charge is 0.479 e. The number of hydrogen-bond acceptors (Lipinski definition) is 9. The zero-order chi connectivity index (χ0) is 17.9. The number of rotatable bonds is 6. The van der Waals surface area contributed by atoms with Crippen LogP contribution in [0.5, 0.6) is 0 Å². The summed E-state index contributed by atoms with van der Waals surface area (Å²) in [7, 11) is 0. The molecule has 2 fully saturated rings. The van der Waals surface area contributed by atoms with E-state index in [0.29, 0.717) is 6.61 Å². The summed E-state index contributed by atoms with van der Waals surface area (Å²) in [6.45, 7) is 1.68. The van der Waals surface area contributed by atoms with Gasteiger partial charge in [-0.1, -0.05) is 0 Å². The van der Waals surface area contributed by atoms with Crippen LogP contribution < -0.4 is 0 Å². The van der Waals surface area contributed by atoms with Gasteiger partial charge in [0.05, 0.1) is 18.8 Å². The lowest BCUT2D eigenvalue weighted by atomic mass is 9.99. The number of hydrogen-bond donors (Lipinski definition) is 5. The molecule has 2 heterocycles. The molecule has 0 saturated carbocycles. The fourth-order valence-electron chi connectivity index (χ4n) is 2.83. The predicted molar refractivity (Wildman–Crippen MR) is 75.8 cm³/mol. The first kappa shape index (κ1) is 19.5. The Balaban J connectivity index is 2.01. The van der Waals surface area contributed by atoms with E-state index < -0.39 is 61.8 Å². The molecule has 2 aliphatic rings. The van der Waals surface area contributed by atoms with Crippen LogP contribution in [0.25, 0.3) is 0 Å². The highest BCUT2D eigenvalue weighted by atomic mass is 16.7. The highest BCUT2D eigenvalue weighted by Crippen LogP contribution is 2.28. The van der Waals surface area contributed by atoms with Crippen LogP contribution in [0.15, 0.2) is 0 Å². The predicted octanol–water partition coefficient (Wildman–Crippen LogP) is -2.20. The van der Waals surface area contributed by atoms with Crippen molar-refractivity contribution in [2.45, 2.75) is 69.0 Å². The van der Waals surface area contributed by atoms with Gasteiger partial charge in [-0.05, 0) is 6.92 Å². The second kappa shape index (κ2) is 8.50. The van der Waals surface area contributed by atoms with E-state index in [1.807, 2.05) is 0 Å². The number of aliphatic carboxylic acids is 1. The van der Waals surface area contributed by atoms with E-state index >= 15 is 0 Å². The highest BCUT2D eigenvalue weighted by molar-refractivity contribution is 5.73. The second-order valence-electron chi connectivity index (χ2n) is 5.76. The molecule has 0 amide bonds. The van der Waals surface area contributed by atoms with Crippen LogP contribution in [-0.4, -0.2) is 93.9 Å². The second-order valence-corrected chi connectivity index (χ2v) is 5.76. The molecular weight excluding hydrogens is 328 g/mol. The van der Waals surface area contributed by atoms with Gasteiger partial charge in [-0.2, -0.15) is 0 Å². The monoisotopic (exact) mass is 352 g/mol. The van der Waals surface area contributed by atoms with Gasteiger partial charge >= 0.3 is 5.97 Å². The molecule has 24 heavy (non-hydrogen) atoms. The molecule has 10 heteroatoms. The van der Waals surface area contributed by atoms with E-state index in [1.165, 1.54) is 0 Å². The van der Waals surface area contributed by atoms with Crippen LogP contribution in [0.4, 0.5) is 0 Å². The molecule has 0 bridgehead atoms. The normalized spacial score (nSPS) is 43.5. The summed E-state index contributed by atoms with van der Waals surface area (Å²) in [6.07, 6.45) is -9.45. The van der Waals surface area contributed by atoms with Crippen molar-refractivity contribution in [1.82, 2.24) is 0 Å². The van der Waals surface area contributed by atoms with Crippen molar-refractivity contribution in [3.63, 3.8) is 0 Å². The molecule has 0 aromatic heterocycles. The molecule has 0 aliphatic carbocycles. The van der Waals surface area contributed by atoms with Crippen LogP contribution in [0.3, 0.4) is 0 Å². The standard InChI is InChI=1S/C14H24O10/c1-2-21-9-4-7(17)12(8(5-15)22-9)23-10-3-6(16)11(18)13(24-10)14(19)20/h6-13,15-18H,2-5H2,1H3,(H,19,20)/t6?,7?,8-,9+,10?,11+,12+,13?/m1/s1. The Hall–Kier alpha value is -0.850. The Kier molecular flexibility index (Phi) is 6.89. The van der Waals surface area contributed by atoms with Crippen molar-refractivity contribution in [3.05, 3.63) is 0 Å². The molecule has 2 aliphatic heterocycles. The van der Waals surface area contributed by atoms with Gasteiger partial charge in [0, 0.05) is 19.4 Å². The van der Waals surface area contributed by atoms with Gasteiger partial charge in [-0.15, -0.1) is 0 Å². The minimum atomic E-state index is -1.65. The summed E-state index contributed by atoms with van der Waals surface area (Å²) in [4.78, 5) is 11.1. The van der Waals surface area contributed by atoms with Crippen molar-refractivity contribution in [2.24, 2.45) is 0 Å². The van der Waals surface area contributed by atoms with Crippen LogP contribution in [0.1, 0.15) is 19.8 Å². The van der Waals surface area contributed by atoms with E-state index in [9.17, 15) is 25.2 Å². The zero-order valence-corrected chi connectivity index (χ0v) is 13.2. The van der Waals surface area contributed by atoms with Crippen molar-refractivity contribution in [2.75, 3.05) is 13.2 Å². The maximum atomic E-state index is 11.1. The van der Waals surface area contributed by atoms with Gasteiger partial charge < -0.3 is 44.5 Å². The number of aliphatic hydroxyl groups is 4.